The van der Waals surface area contributed by atoms with Crippen molar-refractivity contribution in [2.75, 3.05) is 37.8 Å². The monoisotopic (exact) mass is 486 g/mol. The van der Waals surface area contributed by atoms with E-state index >= 15 is 0 Å². The van der Waals surface area contributed by atoms with Crippen molar-refractivity contribution in [2.45, 2.75) is 28.6 Å². The number of ether oxygens (including phenoxy) is 1. The molecule has 1 aromatic heterocycles. The van der Waals surface area contributed by atoms with E-state index in [4.69, 9.17) is 4.74 Å². The van der Waals surface area contributed by atoms with Gasteiger partial charge in [0.15, 0.2) is 15.0 Å². The Hall–Kier alpha value is -1.47. The van der Waals surface area contributed by atoms with Crippen molar-refractivity contribution >= 4 is 31.6 Å². The number of morpholine rings is 1. The van der Waals surface area contributed by atoms with Gasteiger partial charge in [-0.05, 0) is 30.0 Å². The van der Waals surface area contributed by atoms with Crippen molar-refractivity contribution in [1.82, 2.24) is 19.1 Å². The molecule has 2 aromatic rings. The summed E-state index contributed by atoms with van der Waals surface area (Å²) >= 11 is 1.48. The van der Waals surface area contributed by atoms with E-state index in [1.807, 2.05) is 17.7 Å². The molecular formula is C19H26N4O5S3. The third-order valence-electron chi connectivity index (χ3n) is 5.60. The van der Waals surface area contributed by atoms with Crippen LogP contribution in [-0.4, -0.2) is 73.7 Å². The summed E-state index contributed by atoms with van der Waals surface area (Å²) < 4.78 is 57.7. The molecule has 9 nitrogen and oxygen atoms in total. The molecule has 2 aliphatic heterocycles. The first-order valence-electron chi connectivity index (χ1n) is 10.1. The Labute approximate surface area is 187 Å². The number of sulfonamides is 1. The van der Waals surface area contributed by atoms with Gasteiger partial charge < -0.3 is 9.30 Å². The molecule has 4 rings (SSSR count). The Morgan fingerprint density at radius 3 is 2.71 bits per heavy atom. The van der Waals surface area contributed by atoms with Gasteiger partial charge in [-0.1, -0.05) is 23.9 Å². The number of benzene rings is 1. The third kappa shape index (κ3) is 5.30. The van der Waals surface area contributed by atoms with E-state index in [-0.39, 0.29) is 22.3 Å². The number of rotatable bonds is 7. The maximum absolute atomic E-state index is 12.9. The Bertz CT molecular complexity index is 1140. The Morgan fingerprint density at radius 1 is 1.23 bits per heavy atom. The highest BCUT2D eigenvalue weighted by atomic mass is 32.2. The number of aromatic nitrogens is 3. The maximum atomic E-state index is 12.9. The second-order valence-corrected chi connectivity index (χ2v) is 13.0. The fourth-order valence-corrected chi connectivity index (χ4v) is 8.03. The lowest BCUT2D eigenvalue weighted by atomic mass is 10.1. The highest BCUT2D eigenvalue weighted by Crippen LogP contribution is 2.26. The van der Waals surface area contributed by atoms with Crippen LogP contribution in [0.5, 0.6) is 0 Å². The molecule has 2 aliphatic rings. The lowest BCUT2D eigenvalue weighted by Gasteiger charge is -2.26. The van der Waals surface area contributed by atoms with Crippen LogP contribution in [0.25, 0.3) is 0 Å². The van der Waals surface area contributed by atoms with E-state index in [2.05, 4.69) is 10.2 Å². The van der Waals surface area contributed by atoms with Gasteiger partial charge in [-0.3, -0.25) is 0 Å². The summed E-state index contributed by atoms with van der Waals surface area (Å²) in [7, 11) is -4.57. The van der Waals surface area contributed by atoms with Crippen LogP contribution >= 0.6 is 11.8 Å². The average Bonchev–Trinajstić information content (AvgIpc) is 3.28. The number of sulfone groups is 1. The van der Waals surface area contributed by atoms with Crippen molar-refractivity contribution in [3.05, 3.63) is 35.7 Å². The molecule has 0 N–H and O–H groups in total. The van der Waals surface area contributed by atoms with Crippen molar-refractivity contribution in [2.24, 2.45) is 13.0 Å². The highest BCUT2D eigenvalue weighted by molar-refractivity contribution is 7.98. The Balaban J connectivity index is 1.41. The van der Waals surface area contributed by atoms with Gasteiger partial charge in [0.25, 0.3) is 0 Å². The number of thioether (sulfide) groups is 1. The van der Waals surface area contributed by atoms with Gasteiger partial charge in [0.2, 0.25) is 10.0 Å². The summed E-state index contributed by atoms with van der Waals surface area (Å²) in [5.41, 5.74) is 0.880. The van der Waals surface area contributed by atoms with Crippen molar-refractivity contribution in [3.8, 4) is 0 Å². The number of hydrogen-bond donors (Lipinski definition) is 0. The largest absolute Gasteiger partial charge is 0.379 e. The van der Waals surface area contributed by atoms with Crippen molar-refractivity contribution < 1.29 is 21.6 Å². The molecular weight excluding hydrogens is 460 g/mol. The number of hydrogen-bond acceptors (Lipinski definition) is 8. The van der Waals surface area contributed by atoms with E-state index < -0.39 is 19.9 Å². The molecule has 0 spiro atoms. The predicted molar refractivity (Wildman–Crippen MR) is 117 cm³/mol. The van der Waals surface area contributed by atoms with Gasteiger partial charge >= 0.3 is 0 Å². The first-order valence-corrected chi connectivity index (χ1v) is 14.4. The zero-order chi connectivity index (χ0) is 22.1. The molecule has 31 heavy (non-hydrogen) atoms. The van der Waals surface area contributed by atoms with E-state index in [1.54, 1.807) is 18.2 Å². The molecule has 0 bridgehead atoms. The predicted octanol–water partition coefficient (Wildman–Crippen LogP) is 1.11. The molecule has 2 fully saturated rings. The van der Waals surface area contributed by atoms with Crippen LogP contribution in [0.2, 0.25) is 0 Å². The molecule has 3 heterocycles. The van der Waals surface area contributed by atoms with Crippen molar-refractivity contribution in [1.29, 1.82) is 0 Å². The summed E-state index contributed by atoms with van der Waals surface area (Å²) in [6, 6.07) is 6.98. The van der Waals surface area contributed by atoms with Gasteiger partial charge in [0.05, 0.1) is 29.6 Å². The minimum absolute atomic E-state index is 0.0906. The summed E-state index contributed by atoms with van der Waals surface area (Å²) in [6.45, 7) is 1.56. The molecule has 1 atom stereocenters. The van der Waals surface area contributed by atoms with Crippen LogP contribution in [0.4, 0.5) is 0 Å². The van der Waals surface area contributed by atoms with Crippen LogP contribution in [0.1, 0.15) is 17.8 Å². The standard InChI is InChI=1S/C19H26N4O5S3/c1-22-18(12-16-5-10-30(24,25)14-16)20-21-19(22)29-13-15-3-2-4-17(11-15)31(26,27)23-6-8-28-9-7-23/h2-4,11,16H,5-10,12-14H2,1H3. The minimum Gasteiger partial charge on any atom is -0.379 e. The van der Waals surface area contributed by atoms with Gasteiger partial charge in [0.1, 0.15) is 5.82 Å². The zero-order valence-corrected chi connectivity index (χ0v) is 19.8. The molecule has 12 heteroatoms. The minimum atomic E-state index is -3.53. The van der Waals surface area contributed by atoms with Gasteiger partial charge in [0, 0.05) is 32.3 Å². The molecule has 2 saturated heterocycles. The van der Waals surface area contributed by atoms with E-state index in [0.29, 0.717) is 44.9 Å². The van der Waals surface area contributed by atoms with Gasteiger partial charge in [-0.25, -0.2) is 16.8 Å². The Morgan fingerprint density at radius 2 is 2.00 bits per heavy atom. The maximum Gasteiger partial charge on any atom is 0.243 e. The molecule has 170 valence electrons. The highest BCUT2D eigenvalue weighted by Gasteiger charge is 2.29. The second-order valence-electron chi connectivity index (χ2n) is 7.88. The first-order chi connectivity index (χ1) is 14.7. The van der Waals surface area contributed by atoms with Crippen LogP contribution < -0.4 is 0 Å². The molecule has 0 radical (unpaired) electrons. The van der Waals surface area contributed by atoms with Crippen LogP contribution in [0, 0.1) is 5.92 Å². The summed E-state index contributed by atoms with van der Waals surface area (Å²) in [6.07, 6.45) is 1.26. The second kappa shape index (κ2) is 9.18. The van der Waals surface area contributed by atoms with Gasteiger partial charge in [-0.15, -0.1) is 10.2 Å². The smallest absolute Gasteiger partial charge is 0.243 e. The molecule has 0 aliphatic carbocycles. The topological polar surface area (TPSA) is 111 Å². The Kier molecular flexibility index (Phi) is 6.73. The van der Waals surface area contributed by atoms with E-state index in [9.17, 15) is 16.8 Å². The molecule has 1 aromatic carbocycles. The molecule has 0 amide bonds. The van der Waals surface area contributed by atoms with Crippen LogP contribution in [0.15, 0.2) is 34.3 Å². The lowest BCUT2D eigenvalue weighted by molar-refractivity contribution is 0.0730. The third-order valence-corrected chi connectivity index (χ3v) is 10.4. The first kappa shape index (κ1) is 22.7. The summed E-state index contributed by atoms with van der Waals surface area (Å²) in [4.78, 5) is 0.286. The molecule has 0 saturated carbocycles. The lowest BCUT2D eigenvalue weighted by Crippen LogP contribution is -2.40. The zero-order valence-electron chi connectivity index (χ0n) is 17.3. The number of nitrogens with zero attached hydrogens (tertiary/aromatic N) is 4. The molecule has 1 unspecified atom stereocenters. The SMILES string of the molecule is Cn1c(CC2CCS(=O)(=O)C2)nnc1SCc1cccc(S(=O)(=O)N2CCOCC2)c1. The van der Waals surface area contributed by atoms with Crippen molar-refractivity contribution in [3.63, 3.8) is 0 Å². The summed E-state index contributed by atoms with van der Waals surface area (Å²) in [5.74, 6) is 1.88. The quantitative estimate of drug-likeness (QED) is 0.535. The van der Waals surface area contributed by atoms with Gasteiger partial charge in [-0.2, -0.15) is 4.31 Å². The van der Waals surface area contributed by atoms with Crippen LogP contribution in [0.3, 0.4) is 0 Å². The van der Waals surface area contributed by atoms with E-state index in [1.165, 1.54) is 16.1 Å². The normalized spacial score (nSPS) is 22.0. The summed E-state index contributed by atoms with van der Waals surface area (Å²) in [5, 5.41) is 9.20. The van der Waals surface area contributed by atoms with E-state index in [0.717, 1.165) is 16.5 Å². The fraction of sp³-hybridized carbons (Fsp3) is 0.579. The average molecular weight is 487 g/mol. The van der Waals surface area contributed by atoms with Crippen LogP contribution in [-0.2, 0) is 43.8 Å². The fourth-order valence-electron chi connectivity index (χ4n) is 3.82.